The number of benzene rings is 1. The summed E-state index contributed by atoms with van der Waals surface area (Å²) in [7, 11) is 0. The molecule has 0 unspecified atom stereocenters. The van der Waals surface area contributed by atoms with Gasteiger partial charge in [-0.15, -0.1) is 13.2 Å². The van der Waals surface area contributed by atoms with Gasteiger partial charge in [-0.05, 0) is 23.8 Å². The molecule has 0 atom stereocenters. The van der Waals surface area contributed by atoms with Crippen molar-refractivity contribution >= 4 is 22.0 Å². The summed E-state index contributed by atoms with van der Waals surface area (Å²) in [6.45, 7) is 3.45. The van der Waals surface area contributed by atoms with Crippen molar-refractivity contribution in [1.82, 2.24) is 0 Å². The Hall–Kier alpha value is -0.970. The van der Waals surface area contributed by atoms with Gasteiger partial charge in [0.1, 0.15) is 5.75 Å². The highest BCUT2D eigenvalue weighted by atomic mass is 79.9. The number of halogens is 4. The van der Waals surface area contributed by atoms with Crippen LogP contribution >= 0.6 is 15.9 Å². The summed E-state index contributed by atoms with van der Waals surface area (Å²) in [5.74, 6) is -0.262. The maximum Gasteiger partial charge on any atom is 0.573 e. The molecule has 0 bridgehead atoms. The first-order valence-corrected chi connectivity index (χ1v) is 4.39. The van der Waals surface area contributed by atoms with Gasteiger partial charge in [0.2, 0.25) is 0 Å². The summed E-state index contributed by atoms with van der Waals surface area (Å²) in [6, 6.07) is 4.13. The standard InChI is InChI=1S/C9H6BrF3O/c1-2-6-3-7(10)5-8(4-6)14-9(11,12)13/h2-5H,1H2. The van der Waals surface area contributed by atoms with E-state index in [1.54, 1.807) is 6.07 Å². The highest BCUT2D eigenvalue weighted by Crippen LogP contribution is 2.27. The third-order valence-corrected chi connectivity index (χ3v) is 1.82. The molecule has 0 saturated heterocycles. The van der Waals surface area contributed by atoms with Gasteiger partial charge in [-0.1, -0.05) is 28.6 Å². The third-order valence-electron chi connectivity index (χ3n) is 1.36. The summed E-state index contributed by atoms with van der Waals surface area (Å²) >= 11 is 3.07. The van der Waals surface area contributed by atoms with Gasteiger partial charge < -0.3 is 4.74 Å². The van der Waals surface area contributed by atoms with E-state index in [0.717, 1.165) is 0 Å². The van der Waals surface area contributed by atoms with Crippen LogP contribution in [0.15, 0.2) is 29.3 Å². The first-order valence-electron chi connectivity index (χ1n) is 3.59. The van der Waals surface area contributed by atoms with Crippen molar-refractivity contribution in [3.8, 4) is 5.75 Å². The SMILES string of the molecule is C=Cc1cc(Br)cc(OC(F)(F)F)c1. The Kier molecular flexibility index (Phi) is 3.21. The molecule has 0 aromatic heterocycles. The van der Waals surface area contributed by atoms with E-state index in [0.29, 0.717) is 10.0 Å². The zero-order valence-corrected chi connectivity index (χ0v) is 8.52. The fraction of sp³-hybridized carbons (Fsp3) is 0.111. The van der Waals surface area contributed by atoms with Crippen molar-refractivity contribution < 1.29 is 17.9 Å². The van der Waals surface area contributed by atoms with Gasteiger partial charge >= 0.3 is 6.36 Å². The molecule has 76 valence electrons. The first kappa shape index (κ1) is 11.1. The van der Waals surface area contributed by atoms with E-state index >= 15 is 0 Å². The minimum absolute atomic E-state index is 0.262. The second kappa shape index (κ2) is 4.04. The van der Waals surface area contributed by atoms with Crippen molar-refractivity contribution in [3.63, 3.8) is 0 Å². The predicted octanol–water partition coefficient (Wildman–Crippen LogP) is 3.99. The predicted molar refractivity (Wildman–Crippen MR) is 50.9 cm³/mol. The molecule has 0 aliphatic heterocycles. The fourth-order valence-corrected chi connectivity index (χ4v) is 1.38. The van der Waals surface area contributed by atoms with E-state index in [-0.39, 0.29) is 5.75 Å². The Morgan fingerprint density at radius 3 is 2.43 bits per heavy atom. The molecule has 0 aliphatic carbocycles. The van der Waals surface area contributed by atoms with Gasteiger partial charge in [0.15, 0.2) is 0 Å². The lowest BCUT2D eigenvalue weighted by Gasteiger charge is -2.09. The number of ether oxygens (including phenoxy) is 1. The third kappa shape index (κ3) is 3.41. The Morgan fingerprint density at radius 2 is 1.93 bits per heavy atom. The number of hydrogen-bond acceptors (Lipinski definition) is 1. The van der Waals surface area contributed by atoms with Crippen LogP contribution in [0.25, 0.3) is 6.08 Å². The van der Waals surface area contributed by atoms with Crippen LogP contribution in [0.3, 0.4) is 0 Å². The molecular formula is C9H6BrF3O. The molecule has 1 nitrogen and oxygen atoms in total. The van der Waals surface area contributed by atoms with Gasteiger partial charge in [0, 0.05) is 4.47 Å². The fourth-order valence-electron chi connectivity index (χ4n) is 0.895. The summed E-state index contributed by atoms with van der Waals surface area (Å²) in [4.78, 5) is 0. The molecule has 1 aromatic carbocycles. The summed E-state index contributed by atoms with van der Waals surface area (Å²) in [5, 5.41) is 0. The first-order chi connectivity index (χ1) is 6.40. The van der Waals surface area contributed by atoms with Gasteiger partial charge in [0.05, 0.1) is 0 Å². The van der Waals surface area contributed by atoms with Crippen molar-refractivity contribution in [2.75, 3.05) is 0 Å². The lowest BCUT2D eigenvalue weighted by molar-refractivity contribution is -0.274. The molecule has 0 N–H and O–H groups in total. The minimum atomic E-state index is -4.67. The number of alkyl halides is 3. The highest BCUT2D eigenvalue weighted by molar-refractivity contribution is 9.10. The van der Waals surface area contributed by atoms with E-state index in [1.807, 2.05) is 0 Å². The molecule has 0 heterocycles. The van der Waals surface area contributed by atoms with Crippen molar-refractivity contribution in [3.05, 3.63) is 34.8 Å². The normalized spacial score (nSPS) is 11.1. The number of hydrogen-bond donors (Lipinski definition) is 0. The van der Waals surface area contributed by atoms with Crippen molar-refractivity contribution in [2.45, 2.75) is 6.36 Å². The zero-order valence-electron chi connectivity index (χ0n) is 6.94. The van der Waals surface area contributed by atoms with E-state index in [4.69, 9.17) is 0 Å². The average molecular weight is 267 g/mol. The zero-order chi connectivity index (χ0) is 10.8. The van der Waals surface area contributed by atoms with Gasteiger partial charge in [-0.2, -0.15) is 0 Å². The Bertz CT molecular complexity index is 346. The molecule has 0 radical (unpaired) electrons. The summed E-state index contributed by atoms with van der Waals surface area (Å²) in [6.07, 6.45) is -3.23. The molecule has 1 aromatic rings. The van der Waals surface area contributed by atoms with Crippen LogP contribution in [-0.2, 0) is 0 Å². The van der Waals surface area contributed by atoms with Crippen LogP contribution in [0.4, 0.5) is 13.2 Å². The van der Waals surface area contributed by atoms with Crippen LogP contribution < -0.4 is 4.74 Å². The molecule has 0 aliphatic rings. The molecule has 0 amide bonds. The second-order valence-electron chi connectivity index (χ2n) is 2.47. The molecule has 14 heavy (non-hydrogen) atoms. The summed E-state index contributed by atoms with van der Waals surface area (Å²) in [5.41, 5.74) is 0.554. The average Bonchev–Trinajstić information content (AvgIpc) is 1.99. The highest BCUT2D eigenvalue weighted by Gasteiger charge is 2.31. The largest absolute Gasteiger partial charge is 0.573 e. The quantitative estimate of drug-likeness (QED) is 0.787. The lowest BCUT2D eigenvalue weighted by atomic mass is 10.2. The second-order valence-corrected chi connectivity index (χ2v) is 3.39. The van der Waals surface area contributed by atoms with Gasteiger partial charge in [0.25, 0.3) is 0 Å². The van der Waals surface area contributed by atoms with Gasteiger partial charge in [-0.3, -0.25) is 0 Å². The molecule has 5 heteroatoms. The molecule has 0 spiro atoms. The monoisotopic (exact) mass is 266 g/mol. The maximum absolute atomic E-state index is 11.8. The van der Waals surface area contributed by atoms with E-state index in [1.165, 1.54) is 18.2 Å². The van der Waals surface area contributed by atoms with Crippen LogP contribution in [0.5, 0.6) is 5.75 Å². The van der Waals surface area contributed by atoms with Crippen LogP contribution in [0.2, 0.25) is 0 Å². The van der Waals surface area contributed by atoms with Crippen LogP contribution in [0, 0.1) is 0 Å². The number of rotatable bonds is 2. The molecule has 1 rings (SSSR count). The van der Waals surface area contributed by atoms with E-state index < -0.39 is 6.36 Å². The Labute approximate surface area is 87.3 Å². The van der Waals surface area contributed by atoms with Crippen LogP contribution in [0.1, 0.15) is 5.56 Å². The Morgan fingerprint density at radius 1 is 1.29 bits per heavy atom. The topological polar surface area (TPSA) is 9.23 Å². The molecular weight excluding hydrogens is 261 g/mol. The van der Waals surface area contributed by atoms with Gasteiger partial charge in [-0.25, -0.2) is 0 Å². The van der Waals surface area contributed by atoms with Crippen molar-refractivity contribution in [1.29, 1.82) is 0 Å². The van der Waals surface area contributed by atoms with E-state index in [2.05, 4.69) is 27.2 Å². The van der Waals surface area contributed by atoms with Crippen LogP contribution in [-0.4, -0.2) is 6.36 Å². The van der Waals surface area contributed by atoms with E-state index in [9.17, 15) is 13.2 Å². The Balaban J connectivity index is 2.98. The molecule has 0 saturated carbocycles. The lowest BCUT2D eigenvalue weighted by Crippen LogP contribution is -2.17. The smallest absolute Gasteiger partial charge is 0.406 e. The maximum atomic E-state index is 11.8. The summed E-state index contributed by atoms with van der Waals surface area (Å²) < 4.78 is 39.8. The minimum Gasteiger partial charge on any atom is -0.406 e. The molecule has 0 fully saturated rings. The van der Waals surface area contributed by atoms with Crippen molar-refractivity contribution in [2.24, 2.45) is 0 Å².